The van der Waals surface area contributed by atoms with Crippen LogP contribution in [0, 0.1) is 0 Å². The van der Waals surface area contributed by atoms with Gasteiger partial charge in [0.25, 0.3) is 0 Å². The molecule has 1 aromatic heterocycles. The molecule has 0 fully saturated rings. The van der Waals surface area contributed by atoms with E-state index in [9.17, 15) is 0 Å². The Morgan fingerprint density at radius 1 is 1.25 bits per heavy atom. The Labute approximate surface area is 98.7 Å². The van der Waals surface area contributed by atoms with Gasteiger partial charge in [-0.2, -0.15) is 0 Å². The van der Waals surface area contributed by atoms with Crippen LogP contribution in [-0.4, -0.2) is 16.7 Å². The van der Waals surface area contributed by atoms with Gasteiger partial charge in [-0.25, -0.2) is 0 Å². The van der Waals surface area contributed by atoms with Gasteiger partial charge in [-0.15, -0.1) is 10.2 Å². The molecule has 0 saturated carbocycles. The van der Waals surface area contributed by atoms with Crippen molar-refractivity contribution in [2.45, 2.75) is 13.5 Å². The maximum absolute atomic E-state index is 5.58. The molecule has 0 unspecified atom stereocenters. The van der Waals surface area contributed by atoms with E-state index in [4.69, 9.17) is 5.73 Å². The molecule has 16 heavy (non-hydrogen) atoms. The monoisotopic (exact) mass is 234 g/mol. The van der Waals surface area contributed by atoms with Crippen LogP contribution in [-0.2, 0) is 6.54 Å². The van der Waals surface area contributed by atoms with Crippen LogP contribution in [0.5, 0.6) is 0 Å². The van der Waals surface area contributed by atoms with Crippen molar-refractivity contribution in [3.63, 3.8) is 0 Å². The third-order valence-corrected chi connectivity index (χ3v) is 3.11. The third-order valence-electron chi connectivity index (χ3n) is 2.30. The molecule has 0 aliphatic rings. The van der Waals surface area contributed by atoms with Crippen LogP contribution >= 0.6 is 11.3 Å². The molecule has 0 amide bonds. The zero-order chi connectivity index (χ0) is 11.4. The van der Waals surface area contributed by atoms with E-state index in [-0.39, 0.29) is 0 Å². The molecular weight excluding hydrogens is 220 g/mol. The van der Waals surface area contributed by atoms with E-state index >= 15 is 0 Å². The van der Waals surface area contributed by atoms with Crippen LogP contribution in [0.1, 0.15) is 12.5 Å². The SMILES string of the molecule is CCN(Cc1ccccc1)c1nnc(N)s1. The second-order valence-corrected chi connectivity index (χ2v) is 4.41. The van der Waals surface area contributed by atoms with Gasteiger partial charge in [0.1, 0.15) is 0 Å². The summed E-state index contributed by atoms with van der Waals surface area (Å²) < 4.78 is 0. The molecule has 2 N–H and O–H groups in total. The summed E-state index contributed by atoms with van der Waals surface area (Å²) in [6.07, 6.45) is 0. The standard InChI is InChI=1S/C11H14N4S/c1-2-15(11-14-13-10(12)16-11)8-9-6-4-3-5-7-9/h3-7H,2,8H2,1H3,(H2,12,13). The Bertz CT molecular complexity index is 440. The summed E-state index contributed by atoms with van der Waals surface area (Å²) in [6, 6.07) is 10.3. The molecule has 0 spiro atoms. The van der Waals surface area contributed by atoms with Gasteiger partial charge in [0.05, 0.1) is 0 Å². The minimum Gasteiger partial charge on any atom is -0.374 e. The van der Waals surface area contributed by atoms with Gasteiger partial charge in [0.2, 0.25) is 10.3 Å². The Hall–Kier alpha value is -1.62. The molecule has 84 valence electrons. The number of anilines is 2. The maximum Gasteiger partial charge on any atom is 0.210 e. The number of hydrogen-bond donors (Lipinski definition) is 1. The van der Waals surface area contributed by atoms with E-state index < -0.39 is 0 Å². The fourth-order valence-corrected chi connectivity index (χ4v) is 2.15. The van der Waals surface area contributed by atoms with Crippen LogP contribution in [0.25, 0.3) is 0 Å². The highest BCUT2D eigenvalue weighted by Gasteiger charge is 2.09. The third kappa shape index (κ3) is 2.49. The van der Waals surface area contributed by atoms with E-state index in [0.717, 1.165) is 18.2 Å². The maximum atomic E-state index is 5.58. The van der Waals surface area contributed by atoms with Crippen LogP contribution in [0.2, 0.25) is 0 Å². The minimum atomic E-state index is 0.515. The number of benzene rings is 1. The molecule has 0 aliphatic heterocycles. The van der Waals surface area contributed by atoms with Crippen molar-refractivity contribution >= 4 is 21.6 Å². The van der Waals surface area contributed by atoms with Crippen molar-refractivity contribution < 1.29 is 0 Å². The lowest BCUT2D eigenvalue weighted by Gasteiger charge is -2.18. The molecule has 4 nitrogen and oxygen atoms in total. The molecule has 0 bridgehead atoms. The van der Waals surface area contributed by atoms with E-state index in [1.807, 2.05) is 18.2 Å². The van der Waals surface area contributed by atoms with Gasteiger partial charge in [0, 0.05) is 13.1 Å². The Morgan fingerprint density at radius 2 is 2.00 bits per heavy atom. The lowest BCUT2D eigenvalue weighted by atomic mass is 10.2. The summed E-state index contributed by atoms with van der Waals surface area (Å²) in [4.78, 5) is 2.16. The summed E-state index contributed by atoms with van der Waals surface area (Å²) in [5, 5.41) is 9.28. The highest BCUT2D eigenvalue weighted by atomic mass is 32.1. The average Bonchev–Trinajstić information content (AvgIpc) is 2.74. The first-order chi connectivity index (χ1) is 7.79. The second kappa shape index (κ2) is 4.94. The van der Waals surface area contributed by atoms with Crippen molar-refractivity contribution in [2.24, 2.45) is 0 Å². The normalized spacial score (nSPS) is 10.3. The Morgan fingerprint density at radius 3 is 2.56 bits per heavy atom. The summed E-state index contributed by atoms with van der Waals surface area (Å²) in [5.41, 5.74) is 6.84. The average molecular weight is 234 g/mol. The van der Waals surface area contributed by atoms with Crippen molar-refractivity contribution in [2.75, 3.05) is 17.2 Å². The summed E-state index contributed by atoms with van der Waals surface area (Å²) in [6.45, 7) is 3.83. The fourth-order valence-electron chi connectivity index (χ4n) is 1.47. The first-order valence-corrected chi connectivity index (χ1v) is 5.99. The topological polar surface area (TPSA) is 55.0 Å². The largest absolute Gasteiger partial charge is 0.374 e. The lowest BCUT2D eigenvalue weighted by Crippen LogP contribution is -2.21. The van der Waals surface area contributed by atoms with Gasteiger partial charge >= 0.3 is 0 Å². The molecule has 0 aliphatic carbocycles. The van der Waals surface area contributed by atoms with Crippen LogP contribution in [0.3, 0.4) is 0 Å². The van der Waals surface area contributed by atoms with Gasteiger partial charge in [-0.3, -0.25) is 0 Å². The van der Waals surface area contributed by atoms with E-state index in [0.29, 0.717) is 5.13 Å². The second-order valence-electron chi connectivity index (χ2n) is 3.42. The van der Waals surface area contributed by atoms with Gasteiger partial charge < -0.3 is 10.6 Å². The first-order valence-electron chi connectivity index (χ1n) is 5.17. The Balaban J connectivity index is 2.12. The zero-order valence-electron chi connectivity index (χ0n) is 9.13. The zero-order valence-corrected chi connectivity index (χ0v) is 9.94. The van der Waals surface area contributed by atoms with Crippen molar-refractivity contribution in [1.82, 2.24) is 10.2 Å². The van der Waals surface area contributed by atoms with Crippen LogP contribution in [0.4, 0.5) is 10.3 Å². The lowest BCUT2D eigenvalue weighted by molar-refractivity contribution is 0.815. The molecule has 0 saturated heterocycles. The molecule has 1 heterocycles. The van der Waals surface area contributed by atoms with Crippen molar-refractivity contribution in [1.29, 1.82) is 0 Å². The molecule has 0 radical (unpaired) electrons. The van der Waals surface area contributed by atoms with Crippen LogP contribution in [0.15, 0.2) is 30.3 Å². The van der Waals surface area contributed by atoms with Gasteiger partial charge in [-0.05, 0) is 12.5 Å². The number of nitrogens with zero attached hydrogens (tertiary/aromatic N) is 3. The van der Waals surface area contributed by atoms with Crippen molar-refractivity contribution in [3.05, 3.63) is 35.9 Å². The van der Waals surface area contributed by atoms with Gasteiger partial charge in [-0.1, -0.05) is 41.7 Å². The summed E-state index contributed by atoms with van der Waals surface area (Å²) in [7, 11) is 0. The highest BCUT2D eigenvalue weighted by molar-refractivity contribution is 7.18. The number of aromatic nitrogens is 2. The highest BCUT2D eigenvalue weighted by Crippen LogP contribution is 2.22. The predicted octanol–water partition coefficient (Wildman–Crippen LogP) is 2.15. The Kier molecular flexibility index (Phi) is 3.36. The van der Waals surface area contributed by atoms with E-state index in [1.54, 1.807) is 0 Å². The quantitative estimate of drug-likeness (QED) is 0.880. The summed E-state index contributed by atoms with van der Waals surface area (Å²) >= 11 is 1.42. The number of nitrogens with two attached hydrogens (primary N) is 1. The smallest absolute Gasteiger partial charge is 0.210 e. The fraction of sp³-hybridized carbons (Fsp3) is 0.273. The van der Waals surface area contributed by atoms with Gasteiger partial charge in [0.15, 0.2) is 0 Å². The molecule has 5 heteroatoms. The molecule has 0 atom stereocenters. The van der Waals surface area contributed by atoms with Crippen LogP contribution < -0.4 is 10.6 Å². The van der Waals surface area contributed by atoms with E-state index in [1.165, 1.54) is 16.9 Å². The number of hydrogen-bond acceptors (Lipinski definition) is 5. The molecule has 2 rings (SSSR count). The summed E-state index contributed by atoms with van der Waals surface area (Å²) in [5.74, 6) is 0. The number of rotatable bonds is 4. The predicted molar refractivity (Wildman–Crippen MR) is 67.5 cm³/mol. The molecular formula is C11H14N4S. The first kappa shape index (κ1) is 10.9. The van der Waals surface area contributed by atoms with E-state index in [2.05, 4.69) is 34.2 Å². The number of nitrogen functional groups attached to an aromatic ring is 1. The van der Waals surface area contributed by atoms with Crippen molar-refractivity contribution in [3.8, 4) is 0 Å². The molecule has 1 aromatic carbocycles. The molecule has 2 aromatic rings. The minimum absolute atomic E-state index is 0.515.